The van der Waals surface area contributed by atoms with Crippen LogP contribution in [0.25, 0.3) is 0 Å². The summed E-state index contributed by atoms with van der Waals surface area (Å²) >= 11 is 0. The molecule has 1 aliphatic carbocycles. The van der Waals surface area contributed by atoms with E-state index in [1.54, 1.807) is 19.5 Å². The monoisotopic (exact) mass is 334 g/mol. The molecular weight excluding hydrogens is 316 g/mol. The van der Waals surface area contributed by atoms with Gasteiger partial charge in [0.15, 0.2) is 5.84 Å². The molecule has 25 heavy (non-hydrogen) atoms. The third-order valence-corrected chi connectivity index (χ3v) is 4.12. The van der Waals surface area contributed by atoms with E-state index < -0.39 is 0 Å². The van der Waals surface area contributed by atoms with Crippen molar-refractivity contribution in [3.63, 3.8) is 0 Å². The molecule has 4 rings (SSSR count). The van der Waals surface area contributed by atoms with Crippen molar-refractivity contribution in [1.29, 1.82) is 0 Å². The van der Waals surface area contributed by atoms with Crippen LogP contribution in [0.4, 0.5) is 0 Å². The lowest BCUT2D eigenvalue weighted by Crippen LogP contribution is -2.29. The zero-order chi connectivity index (χ0) is 17.2. The Morgan fingerprint density at radius 1 is 1.12 bits per heavy atom. The average Bonchev–Trinajstić information content (AvgIpc) is 3.12. The lowest BCUT2D eigenvalue weighted by molar-refractivity contribution is 0.415. The number of hydrogen-bond donors (Lipinski definition) is 2. The van der Waals surface area contributed by atoms with Gasteiger partial charge >= 0.3 is 0 Å². The normalized spacial score (nSPS) is 15.3. The summed E-state index contributed by atoms with van der Waals surface area (Å²) in [6.07, 6.45) is 4.03. The molecule has 0 bridgehead atoms. The molecule has 2 aliphatic rings. The molecule has 2 aromatic rings. The largest absolute Gasteiger partial charge is 0.497 e. The number of nitrogens with two attached hydrogens (primary N) is 1. The van der Waals surface area contributed by atoms with Crippen LogP contribution in [0.15, 0.2) is 58.0 Å². The van der Waals surface area contributed by atoms with Crippen molar-refractivity contribution in [2.24, 2.45) is 15.7 Å². The first-order chi connectivity index (χ1) is 12.3. The highest BCUT2D eigenvalue weighted by atomic mass is 16.5. The topological polar surface area (TPSA) is 97.8 Å². The summed E-state index contributed by atoms with van der Waals surface area (Å²) in [6.45, 7) is 1.22. The van der Waals surface area contributed by atoms with Gasteiger partial charge in [0.25, 0.3) is 0 Å². The Bertz CT molecular complexity index is 898. The van der Waals surface area contributed by atoms with Gasteiger partial charge in [0.1, 0.15) is 22.9 Å². The third kappa shape index (κ3) is 2.78. The summed E-state index contributed by atoms with van der Waals surface area (Å²) in [7, 11) is 1.65. The van der Waals surface area contributed by atoms with E-state index >= 15 is 0 Å². The van der Waals surface area contributed by atoms with Crippen molar-refractivity contribution in [3.05, 3.63) is 65.0 Å². The number of amidine groups is 1. The Balaban J connectivity index is 1.78. The third-order valence-electron chi connectivity index (χ3n) is 4.12. The van der Waals surface area contributed by atoms with Gasteiger partial charge in [-0.05, 0) is 24.3 Å². The summed E-state index contributed by atoms with van der Waals surface area (Å²) in [6, 6.07) is 7.69. The zero-order valence-electron chi connectivity index (χ0n) is 13.9. The Morgan fingerprint density at radius 2 is 1.92 bits per heavy atom. The first-order valence-electron chi connectivity index (χ1n) is 8.09. The molecule has 2 heterocycles. The van der Waals surface area contributed by atoms with Gasteiger partial charge in [0, 0.05) is 43.2 Å². The van der Waals surface area contributed by atoms with E-state index in [1.165, 1.54) is 0 Å². The number of aliphatic imine (C=N–C) groups is 2. The highest BCUT2D eigenvalue weighted by Gasteiger charge is 2.30. The molecule has 0 amide bonds. The van der Waals surface area contributed by atoms with Crippen molar-refractivity contribution >= 4 is 11.5 Å². The second-order valence-corrected chi connectivity index (χ2v) is 5.70. The van der Waals surface area contributed by atoms with Crippen LogP contribution in [0.5, 0.6) is 5.75 Å². The predicted octanol–water partition coefficient (Wildman–Crippen LogP) is 1.05. The summed E-state index contributed by atoms with van der Waals surface area (Å²) in [5, 5.41) is 3.35. The van der Waals surface area contributed by atoms with Crippen molar-refractivity contribution in [1.82, 2.24) is 15.3 Å². The molecule has 126 valence electrons. The van der Waals surface area contributed by atoms with Crippen molar-refractivity contribution in [3.8, 4) is 5.75 Å². The molecule has 7 heteroatoms. The number of rotatable bonds is 5. The number of ether oxygens (including phenoxy) is 1. The summed E-state index contributed by atoms with van der Waals surface area (Å²) < 4.78 is 5.21. The number of nitrogens with one attached hydrogen (secondary N) is 1. The van der Waals surface area contributed by atoms with Crippen LogP contribution in [0, 0.1) is 0 Å². The van der Waals surface area contributed by atoms with E-state index in [1.807, 2.05) is 24.3 Å². The Morgan fingerprint density at radius 3 is 2.68 bits per heavy atom. The van der Waals surface area contributed by atoms with E-state index in [0.717, 1.165) is 39.8 Å². The number of methoxy groups -OCH3 is 1. The van der Waals surface area contributed by atoms with Crippen LogP contribution >= 0.6 is 0 Å². The molecule has 0 saturated carbocycles. The van der Waals surface area contributed by atoms with Gasteiger partial charge in [-0.3, -0.25) is 9.97 Å². The van der Waals surface area contributed by atoms with Crippen LogP contribution in [0.3, 0.4) is 0 Å². The minimum absolute atomic E-state index is 0.547. The van der Waals surface area contributed by atoms with Crippen LogP contribution < -0.4 is 15.8 Å². The Kier molecular flexibility index (Phi) is 3.99. The van der Waals surface area contributed by atoms with Crippen molar-refractivity contribution < 1.29 is 4.74 Å². The molecular formula is C18H18N6O. The molecule has 0 saturated heterocycles. The molecule has 1 aliphatic heterocycles. The highest BCUT2D eigenvalue weighted by Crippen LogP contribution is 2.29. The molecule has 0 spiro atoms. The highest BCUT2D eigenvalue weighted by molar-refractivity contribution is 6.24. The lowest BCUT2D eigenvalue weighted by atomic mass is 9.99. The molecule has 1 aromatic carbocycles. The molecule has 3 N–H and O–H groups in total. The molecule has 0 radical (unpaired) electrons. The number of allylic oxidation sites excluding steroid dienone is 2. The van der Waals surface area contributed by atoms with Crippen LogP contribution in [-0.4, -0.2) is 41.7 Å². The summed E-state index contributed by atoms with van der Waals surface area (Å²) in [4.78, 5) is 18.4. The number of benzene rings is 1. The quantitative estimate of drug-likeness (QED) is 0.852. The first kappa shape index (κ1) is 15.5. The fourth-order valence-corrected chi connectivity index (χ4v) is 2.90. The first-order valence-corrected chi connectivity index (χ1v) is 8.09. The second-order valence-electron chi connectivity index (χ2n) is 5.70. The van der Waals surface area contributed by atoms with Gasteiger partial charge in [-0.15, -0.1) is 0 Å². The van der Waals surface area contributed by atoms with E-state index in [2.05, 4.69) is 15.3 Å². The minimum atomic E-state index is 0.547. The van der Waals surface area contributed by atoms with Crippen molar-refractivity contribution in [2.45, 2.75) is 6.42 Å². The standard InChI is InChI=1S/C18H18N6O/c1-25-12-4-2-11(3-5-12)18-23-16-14(20-7-6-19)10-13-15(17(16)24-18)22-9-8-21-13/h2-5,8-9,20H,6-7,10,19H2,1H3. The predicted molar refractivity (Wildman–Crippen MR) is 95.9 cm³/mol. The second kappa shape index (κ2) is 6.45. The van der Waals surface area contributed by atoms with E-state index in [0.29, 0.717) is 25.3 Å². The molecule has 7 nitrogen and oxygen atoms in total. The number of fused-ring (bicyclic) bond motifs is 3. The maximum atomic E-state index is 5.63. The maximum absolute atomic E-state index is 5.63. The fraction of sp³-hybridized carbons (Fsp3) is 0.222. The smallest absolute Gasteiger partial charge is 0.160 e. The van der Waals surface area contributed by atoms with Crippen LogP contribution in [0.2, 0.25) is 0 Å². The van der Waals surface area contributed by atoms with Gasteiger partial charge in [0.2, 0.25) is 0 Å². The van der Waals surface area contributed by atoms with E-state index in [4.69, 9.17) is 20.5 Å². The molecule has 1 aromatic heterocycles. The van der Waals surface area contributed by atoms with Crippen LogP contribution in [-0.2, 0) is 6.42 Å². The summed E-state index contributed by atoms with van der Waals surface area (Å²) in [5.74, 6) is 1.46. The molecule has 0 unspecified atom stereocenters. The molecule has 0 fully saturated rings. The number of aromatic nitrogens is 2. The van der Waals surface area contributed by atoms with E-state index in [9.17, 15) is 0 Å². The van der Waals surface area contributed by atoms with Gasteiger partial charge in [-0.2, -0.15) is 0 Å². The number of hydrogen-bond acceptors (Lipinski definition) is 7. The lowest BCUT2D eigenvalue weighted by Gasteiger charge is -2.19. The van der Waals surface area contributed by atoms with Gasteiger partial charge in [-0.1, -0.05) is 0 Å². The maximum Gasteiger partial charge on any atom is 0.160 e. The summed E-state index contributed by atoms with van der Waals surface area (Å²) in [5.41, 5.74) is 10.8. The van der Waals surface area contributed by atoms with Crippen LogP contribution in [0.1, 0.15) is 17.0 Å². The van der Waals surface area contributed by atoms with Gasteiger partial charge in [-0.25, -0.2) is 9.98 Å². The number of nitrogens with zero attached hydrogens (tertiary/aromatic N) is 4. The van der Waals surface area contributed by atoms with Crippen molar-refractivity contribution in [2.75, 3.05) is 20.2 Å². The fourth-order valence-electron chi connectivity index (χ4n) is 2.90. The Hall–Kier alpha value is -3.06. The van der Waals surface area contributed by atoms with Gasteiger partial charge in [0.05, 0.1) is 12.8 Å². The minimum Gasteiger partial charge on any atom is -0.497 e. The average molecular weight is 334 g/mol. The molecule has 0 atom stereocenters. The van der Waals surface area contributed by atoms with E-state index in [-0.39, 0.29) is 0 Å². The Labute approximate surface area is 145 Å². The zero-order valence-corrected chi connectivity index (χ0v) is 13.9. The van der Waals surface area contributed by atoms with Gasteiger partial charge < -0.3 is 15.8 Å². The SMILES string of the molecule is COc1ccc(C2=NC3=C(NCCN)Cc4nccnc4C3=N2)cc1.